The molecule has 1 aliphatic carbocycles. The van der Waals surface area contributed by atoms with Crippen molar-refractivity contribution in [1.29, 1.82) is 0 Å². The van der Waals surface area contributed by atoms with Crippen LogP contribution in [-0.4, -0.2) is 32.7 Å². The largest absolute Gasteiger partial charge is 0.496 e. The van der Waals surface area contributed by atoms with Crippen molar-refractivity contribution < 1.29 is 9.53 Å². The third-order valence-corrected chi connectivity index (χ3v) is 3.87. The molecule has 1 amide bonds. The molecule has 0 saturated heterocycles. The summed E-state index contributed by atoms with van der Waals surface area (Å²) >= 11 is 0. The van der Waals surface area contributed by atoms with E-state index in [4.69, 9.17) is 4.74 Å². The van der Waals surface area contributed by atoms with Crippen LogP contribution in [-0.2, 0) is 10.2 Å². The molecule has 0 spiro atoms. The van der Waals surface area contributed by atoms with Gasteiger partial charge >= 0.3 is 0 Å². The minimum absolute atomic E-state index is 0.110. The van der Waals surface area contributed by atoms with Crippen LogP contribution in [0.25, 0.3) is 0 Å². The quantitative estimate of drug-likeness (QED) is 0.816. The van der Waals surface area contributed by atoms with Gasteiger partial charge < -0.3 is 15.4 Å². The summed E-state index contributed by atoms with van der Waals surface area (Å²) in [6.07, 6.45) is 1.79. The molecule has 19 heavy (non-hydrogen) atoms. The van der Waals surface area contributed by atoms with Gasteiger partial charge in [0.2, 0.25) is 5.91 Å². The van der Waals surface area contributed by atoms with Crippen molar-refractivity contribution in [2.75, 3.05) is 20.7 Å². The number of carbonyl (C=O) groups is 1. The van der Waals surface area contributed by atoms with E-state index in [0.29, 0.717) is 6.54 Å². The van der Waals surface area contributed by atoms with Crippen LogP contribution in [0.4, 0.5) is 0 Å². The zero-order valence-electron chi connectivity index (χ0n) is 11.8. The van der Waals surface area contributed by atoms with Crippen LogP contribution in [0.15, 0.2) is 24.3 Å². The Kier molecular flexibility index (Phi) is 4.10. The molecule has 104 valence electrons. The molecule has 1 saturated carbocycles. The lowest BCUT2D eigenvalue weighted by molar-refractivity contribution is -0.123. The molecule has 2 rings (SSSR count). The van der Waals surface area contributed by atoms with Crippen LogP contribution < -0.4 is 15.4 Å². The molecule has 1 aromatic carbocycles. The second-order valence-electron chi connectivity index (χ2n) is 5.18. The molecular formula is C15H22N2O2. The molecule has 4 nitrogen and oxygen atoms in total. The van der Waals surface area contributed by atoms with Crippen molar-refractivity contribution in [3.05, 3.63) is 29.8 Å². The molecule has 4 heteroatoms. The number of rotatable bonds is 6. The summed E-state index contributed by atoms with van der Waals surface area (Å²) in [5, 5.41) is 6.14. The molecule has 2 N–H and O–H groups in total. The lowest BCUT2D eigenvalue weighted by Gasteiger charge is -2.20. The summed E-state index contributed by atoms with van der Waals surface area (Å²) in [5.74, 6) is 0.913. The van der Waals surface area contributed by atoms with Gasteiger partial charge in [-0.05, 0) is 32.9 Å². The second-order valence-corrected chi connectivity index (χ2v) is 5.18. The number of benzene rings is 1. The van der Waals surface area contributed by atoms with Gasteiger partial charge in [-0.25, -0.2) is 0 Å². The van der Waals surface area contributed by atoms with E-state index in [2.05, 4.69) is 10.6 Å². The number of para-hydroxylation sites is 1. The highest BCUT2D eigenvalue weighted by Gasteiger charge is 2.52. The van der Waals surface area contributed by atoms with Crippen molar-refractivity contribution in [3.8, 4) is 5.75 Å². The van der Waals surface area contributed by atoms with Gasteiger partial charge in [0.1, 0.15) is 5.75 Å². The van der Waals surface area contributed by atoms with E-state index in [-0.39, 0.29) is 17.4 Å². The van der Waals surface area contributed by atoms with Gasteiger partial charge in [-0.3, -0.25) is 4.79 Å². The molecule has 1 unspecified atom stereocenters. The van der Waals surface area contributed by atoms with Gasteiger partial charge in [0.05, 0.1) is 12.5 Å². The van der Waals surface area contributed by atoms with Crippen molar-refractivity contribution in [2.45, 2.75) is 31.2 Å². The van der Waals surface area contributed by atoms with Gasteiger partial charge in [-0.1, -0.05) is 18.2 Å². The zero-order valence-corrected chi connectivity index (χ0v) is 11.8. The van der Waals surface area contributed by atoms with Crippen molar-refractivity contribution in [2.24, 2.45) is 0 Å². The van der Waals surface area contributed by atoms with Crippen molar-refractivity contribution in [3.63, 3.8) is 0 Å². The molecule has 0 aromatic heterocycles. The monoisotopic (exact) mass is 262 g/mol. The fourth-order valence-corrected chi connectivity index (χ4v) is 2.30. The Morgan fingerprint density at radius 2 is 2.11 bits per heavy atom. The highest BCUT2D eigenvalue weighted by molar-refractivity contribution is 5.92. The van der Waals surface area contributed by atoms with E-state index in [1.165, 1.54) is 0 Å². The topological polar surface area (TPSA) is 50.4 Å². The van der Waals surface area contributed by atoms with Crippen molar-refractivity contribution in [1.82, 2.24) is 10.6 Å². The van der Waals surface area contributed by atoms with Crippen LogP contribution in [0.3, 0.4) is 0 Å². The van der Waals surface area contributed by atoms with Crippen LogP contribution in [0, 0.1) is 0 Å². The zero-order chi connectivity index (χ0) is 13.9. The Morgan fingerprint density at radius 1 is 1.42 bits per heavy atom. The van der Waals surface area contributed by atoms with Gasteiger partial charge in [-0.2, -0.15) is 0 Å². The Bertz CT molecular complexity index is 455. The van der Waals surface area contributed by atoms with E-state index in [1.807, 2.05) is 38.2 Å². The second kappa shape index (κ2) is 5.61. The van der Waals surface area contributed by atoms with E-state index in [9.17, 15) is 4.79 Å². The summed E-state index contributed by atoms with van der Waals surface area (Å²) in [4.78, 5) is 12.4. The number of likely N-dealkylation sites (N-methyl/N-ethyl adjacent to an activating group) is 1. The number of methoxy groups -OCH3 is 1. The molecule has 1 atom stereocenters. The number of ether oxygens (including phenoxy) is 1. The van der Waals surface area contributed by atoms with E-state index in [0.717, 1.165) is 24.2 Å². The Hall–Kier alpha value is -1.55. The molecule has 1 aromatic rings. The number of nitrogens with one attached hydrogen (secondary N) is 2. The summed E-state index contributed by atoms with van der Waals surface area (Å²) in [7, 11) is 3.54. The lowest BCUT2D eigenvalue weighted by atomic mass is 9.94. The third-order valence-electron chi connectivity index (χ3n) is 3.87. The van der Waals surface area contributed by atoms with Crippen molar-refractivity contribution >= 4 is 5.91 Å². The first-order valence-corrected chi connectivity index (χ1v) is 6.73. The minimum atomic E-state index is -0.375. The molecule has 0 heterocycles. The average Bonchev–Trinajstić information content (AvgIpc) is 3.25. The molecule has 0 aliphatic heterocycles. The molecular weight excluding hydrogens is 240 g/mol. The van der Waals surface area contributed by atoms with Gasteiger partial charge in [0.25, 0.3) is 0 Å². The van der Waals surface area contributed by atoms with Gasteiger partial charge in [0, 0.05) is 18.2 Å². The normalized spacial score (nSPS) is 17.6. The minimum Gasteiger partial charge on any atom is -0.496 e. The Balaban J connectivity index is 2.12. The molecule has 1 aliphatic rings. The molecule has 1 fully saturated rings. The number of carbonyl (C=O) groups excluding carboxylic acids is 1. The summed E-state index contributed by atoms with van der Waals surface area (Å²) in [6.45, 7) is 2.69. The predicted molar refractivity (Wildman–Crippen MR) is 75.4 cm³/mol. The maximum Gasteiger partial charge on any atom is 0.230 e. The molecule has 0 bridgehead atoms. The number of amides is 1. The summed E-state index contributed by atoms with van der Waals surface area (Å²) in [6, 6.07) is 8.07. The Labute approximate surface area is 114 Å². The fourth-order valence-electron chi connectivity index (χ4n) is 2.30. The standard InChI is InChI=1S/C15H22N2O2/c1-11(16-2)10-17-14(18)15(8-9-15)12-6-4-5-7-13(12)19-3/h4-7,11,16H,8-10H2,1-3H3,(H,17,18). The van der Waals surface area contributed by atoms with E-state index >= 15 is 0 Å². The first kappa shape index (κ1) is 13.9. The average molecular weight is 262 g/mol. The van der Waals surface area contributed by atoms with Gasteiger partial charge in [0.15, 0.2) is 0 Å². The SMILES string of the molecule is CNC(C)CNC(=O)C1(c2ccccc2OC)CC1. The van der Waals surface area contributed by atoms with Crippen LogP contribution in [0.5, 0.6) is 5.75 Å². The highest BCUT2D eigenvalue weighted by Crippen LogP contribution is 2.51. The van der Waals surface area contributed by atoms with Crippen LogP contribution in [0.2, 0.25) is 0 Å². The Morgan fingerprint density at radius 3 is 2.68 bits per heavy atom. The fraction of sp³-hybridized carbons (Fsp3) is 0.533. The first-order chi connectivity index (χ1) is 9.14. The van der Waals surface area contributed by atoms with E-state index in [1.54, 1.807) is 7.11 Å². The smallest absolute Gasteiger partial charge is 0.230 e. The van der Waals surface area contributed by atoms with E-state index < -0.39 is 0 Å². The highest BCUT2D eigenvalue weighted by atomic mass is 16.5. The number of hydrogen-bond acceptors (Lipinski definition) is 3. The molecule has 0 radical (unpaired) electrons. The first-order valence-electron chi connectivity index (χ1n) is 6.73. The van der Waals surface area contributed by atoms with Crippen LogP contribution >= 0.6 is 0 Å². The van der Waals surface area contributed by atoms with Gasteiger partial charge in [-0.15, -0.1) is 0 Å². The number of hydrogen-bond donors (Lipinski definition) is 2. The predicted octanol–water partition coefficient (Wildman–Crippen LogP) is 1.45. The summed E-state index contributed by atoms with van der Waals surface area (Å²) < 4.78 is 5.38. The maximum absolute atomic E-state index is 12.4. The third kappa shape index (κ3) is 2.73. The van der Waals surface area contributed by atoms with Crippen LogP contribution in [0.1, 0.15) is 25.3 Å². The maximum atomic E-state index is 12.4. The lowest BCUT2D eigenvalue weighted by Crippen LogP contribution is -2.42. The summed E-state index contributed by atoms with van der Waals surface area (Å²) in [5.41, 5.74) is 0.632.